The summed E-state index contributed by atoms with van der Waals surface area (Å²) in [6.07, 6.45) is 4.60. The van der Waals surface area contributed by atoms with Crippen molar-refractivity contribution in [3.63, 3.8) is 0 Å². The van der Waals surface area contributed by atoms with E-state index in [1.165, 1.54) is 0 Å². The summed E-state index contributed by atoms with van der Waals surface area (Å²) in [6, 6.07) is 4.52. The largest absolute Gasteiger partial charge is 0.466 e. The molecular weight excluding hydrogens is 496 g/mol. The Kier molecular flexibility index (Phi) is 8.02. The summed E-state index contributed by atoms with van der Waals surface area (Å²) in [5.74, 6) is -2.58. The molecule has 3 aliphatic heterocycles. The number of amides is 2. The number of unbranched alkanes of at least 4 members (excludes halogenated alkanes) is 2. The van der Waals surface area contributed by atoms with Crippen molar-refractivity contribution >= 4 is 35.1 Å². The second-order valence-corrected chi connectivity index (χ2v) is 10.8. The maximum atomic E-state index is 14.5. The van der Waals surface area contributed by atoms with Gasteiger partial charge in [0.2, 0.25) is 5.91 Å². The second-order valence-electron chi connectivity index (χ2n) is 10.4. The Morgan fingerprint density at radius 2 is 2.08 bits per heavy atom. The van der Waals surface area contributed by atoms with Crippen molar-refractivity contribution in [2.75, 3.05) is 31.2 Å². The number of aryl methyl sites for hydroxylation is 1. The lowest BCUT2D eigenvalue weighted by molar-refractivity contribution is -0.159. The monoisotopic (exact) mass is 532 g/mol. The van der Waals surface area contributed by atoms with Crippen molar-refractivity contribution in [2.45, 2.75) is 70.1 Å². The van der Waals surface area contributed by atoms with Crippen LogP contribution in [0.15, 0.2) is 30.9 Å². The number of hydrogen-bond acceptors (Lipinski definition) is 6. The Morgan fingerprint density at radius 1 is 1.32 bits per heavy atom. The maximum absolute atomic E-state index is 14.5. The first-order chi connectivity index (χ1) is 17.7. The smallest absolute Gasteiger partial charge is 0.312 e. The lowest BCUT2D eigenvalue weighted by atomic mass is 9.66. The summed E-state index contributed by atoms with van der Waals surface area (Å²) < 4.78 is 12.0. The van der Waals surface area contributed by atoms with Crippen LogP contribution in [0.2, 0.25) is 5.02 Å². The molecule has 37 heavy (non-hydrogen) atoms. The van der Waals surface area contributed by atoms with Crippen molar-refractivity contribution in [3.8, 4) is 0 Å². The molecule has 3 heterocycles. The lowest BCUT2D eigenvalue weighted by Gasteiger charge is -2.37. The minimum absolute atomic E-state index is 0.0637. The highest BCUT2D eigenvalue weighted by atomic mass is 35.5. The quantitative estimate of drug-likeness (QED) is 0.265. The van der Waals surface area contributed by atoms with Crippen LogP contribution in [0, 0.1) is 18.8 Å². The van der Waals surface area contributed by atoms with Gasteiger partial charge >= 0.3 is 5.97 Å². The number of carbonyl (C=O) groups is 3. The van der Waals surface area contributed by atoms with Crippen molar-refractivity contribution in [3.05, 3.63) is 41.4 Å². The molecule has 3 saturated heterocycles. The number of fused-ring (bicyclic) bond motifs is 1. The van der Waals surface area contributed by atoms with Gasteiger partial charge in [0.05, 0.1) is 28.8 Å². The number of carbonyl (C=O) groups excluding carboxylic acids is 3. The SMILES string of the molecule is C=CCN(C(=O)C1N(CCCCCO)C(=O)[C@@H]2[C@@H](C(=O)OCC)[C@@]3(C)CCC12O3)c1c(C)cccc1Cl. The minimum Gasteiger partial charge on any atom is -0.466 e. The molecular formula is C28H37ClN2O6. The Bertz CT molecular complexity index is 1060. The zero-order valence-electron chi connectivity index (χ0n) is 21.9. The topological polar surface area (TPSA) is 96.4 Å². The van der Waals surface area contributed by atoms with Gasteiger partial charge in [0.15, 0.2) is 0 Å². The van der Waals surface area contributed by atoms with E-state index in [9.17, 15) is 19.5 Å². The number of aliphatic hydroxyl groups excluding tert-OH is 1. The van der Waals surface area contributed by atoms with Crippen molar-refractivity contribution in [2.24, 2.45) is 11.8 Å². The minimum atomic E-state index is -1.13. The molecule has 1 N–H and O–H groups in total. The Hall–Kier alpha value is -2.42. The Labute approximate surface area is 223 Å². The molecule has 0 aliphatic carbocycles. The number of ether oxygens (including phenoxy) is 2. The van der Waals surface area contributed by atoms with Gasteiger partial charge in [-0.05, 0) is 64.5 Å². The van der Waals surface area contributed by atoms with Crippen LogP contribution in [-0.2, 0) is 23.9 Å². The number of anilines is 1. The van der Waals surface area contributed by atoms with Gasteiger partial charge in [-0.15, -0.1) is 6.58 Å². The highest BCUT2D eigenvalue weighted by molar-refractivity contribution is 6.34. The number of halogens is 1. The van der Waals surface area contributed by atoms with Gasteiger partial charge in [-0.1, -0.05) is 29.8 Å². The van der Waals surface area contributed by atoms with Gasteiger partial charge in [-0.2, -0.15) is 0 Å². The zero-order valence-corrected chi connectivity index (χ0v) is 22.6. The summed E-state index contributed by atoms with van der Waals surface area (Å²) in [5, 5.41) is 9.64. The molecule has 4 rings (SSSR count). The van der Waals surface area contributed by atoms with Crippen LogP contribution in [0.1, 0.15) is 51.5 Å². The van der Waals surface area contributed by atoms with Crippen LogP contribution in [0.5, 0.6) is 0 Å². The molecule has 1 aromatic rings. The number of likely N-dealkylation sites (tertiary alicyclic amines) is 1. The fourth-order valence-corrected chi connectivity index (χ4v) is 6.96. The first-order valence-corrected chi connectivity index (χ1v) is 13.5. The predicted octanol–water partition coefficient (Wildman–Crippen LogP) is 3.66. The molecule has 0 radical (unpaired) electrons. The Morgan fingerprint density at radius 3 is 2.73 bits per heavy atom. The number of benzene rings is 1. The first-order valence-electron chi connectivity index (χ1n) is 13.1. The number of esters is 1. The van der Waals surface area contributed by atoms with E-state index < -0.39 is 35.0 Å². The lowest BCUT2D eigenvalue weighted by Crippen LogP contribution is -2.56. The van der Waals surface area contributed by atoms with Crippen LogP contribution < -0.4 is 4.90 Å². The van der Waals surface area contributed by atoms with Crippen LogP contribution >= 0.6 is 11.6 Å². The van der Waals surface area contributed by atoms with Gasteiger partial charge in [0.25, 0.3) is 5.91 Å². The zero-order chi connectivity index (χ0) is 27.0. The van der Waals surface area contributed by atoms with Crippen LogP contribution in [-0.4, -0.2) is 71.3 Å². The van der Waals surface area contributed by atoms with Gasteiger partial charge in [-0.3, -0.25) is 14.4 Å². The molecule has 2 bridgehead atoms. The normalized spacial score (nSPS) is 29.9. The van der Waals surface area contributed by atoms with Crippen molar-refractivity contribution in [1.82, 2.24) is 4.90 Å². The van der Waals surface area contributed by atoms with E-state index in [-0.39, 0.29) is 31.6 Å². The molecule has 8 nitrogen and oxygen atoms in total. The molecule has 9 heteroatoms. The molecule has 5 atom stereocenters. The fourth-order valence-electron chi connectivity index (χ4n) is 6.64. The standard InChI is InChI=1S/C28H37ClN2O6/c1-5-15-30(22-18(3)11-10-12-19(22)29)25(34)23-28-14-13-27(4,37-28)21(26(35)36-6-2)20(28)24(33)31(23)16-8-7-9-17-32/h5,10-12,20-21,23,32H,1,6-9,13-17H2,2-4H3/t20-,21-,23?,27+,28?/m0/s1. The van der Waals surface area contributed by atoms with Gasteiger partial charge in [-0.25, -0.2) is 0 Å². The third-order valence-electron chi connectivity index (χ3n) is 8.14. The summed E-state index contributed by atoms with van der Waals surface area (Å²) in [4.78, 5) is 44.9. The molecule has 1 aromatic carbocycles. The summed E-state index contributed by atoms with van der Waals surface area (Å²) in [5.41, 5.74) is -0.616. The van der Waals surface area contributed by atoms with Crippen molar-refractivity contribution < 1.29 is 29.0 Å². The highest BCUT2D eigenvalue weighted by Gasteiger charge is 2.78. The number of nitrogens with zero attached hydrogens (tertiary/aromatic N) is 2. The predicted molar refractivity (Wildman–Crippen MR) is 140 cm³/mol. The van der Waals surface area contributed by atoms with Crippen LogP contribution in [0.3, 0.4) is 0 Å². The third-order valence-corrected chi connectivity index (χ3v) is 8.45. The third kappa shape index (κ3) is 4.47. The molecule has 3 fully saturated rings. The molecule has 202 valence electrons. The summed E-state index contributed by atoms with van der Waals surface area (Å²) in [7, 11) is 0. The number of aliphatic hydroxyl groups is 1. The summed E-state index contributed by atoms with van der Waals surface area (Å²) in [6.45, 7) is 10.1. The van der Waals surface area contributed by atoms with Crippen LogP contribution in [0.25, 0.3) is 0 Å². The van der Waals surface area contributed by atoms with E-state index in [1.807, 2.05) is 26.0 Å². The molecule has 3 aliphatic rings. The fraction of sp³-hybridized carbons (Fsp3) is 0.607. The van der Waals surface area contributed by atoms with E-state index in [2.05, 4.69) is 6.58 Å². The van der Waals surface area contributed by atoms with Crippen molar-refractivity contribution in [1.29, 1.82) is 0 Å². The van der Waals surface area contributed by atoms with Gasteiger partial charge in [0.1, 0.15) is 17.6 Å². The molecule has 1 spiro atoms. The Balaban J connectivity index is 1.79. The molecule has 2 unspecified atom stereocenters. The van der Waals surface area contributed by atoms with E-state index in [0.717, 1.165) is 5.56 Å². The van der Waals surface area contributed by atoms with E-state index in [4.69, 9.17) is 21.1 Å². The number of para-hydroxylation sites is 1. The van der Waals surface area contributed by atoms with Gasteiger partial charge < -0.3 is 24.4 Å². The van der Waals surface area contributed by atoms with E-state index in [1.54, 1.807) is 28.9 Å². The van der Waals surface area contributed by atoms with Gasteiger partial charge in [0, 0.05) is 19.7 Å². The molecule has 0 saturated carbocycles. The summed E-state index contributed by atoms with van der Waals surface area (Å²) >= 11 is 6.58. The maximum Gasteiger partial charge on any atom is 0.312 e. The number of hydrogen-bond donors (Lipinski definition) is 1. The average Bonchev–Trinajstić information content (AvgIpc) is 3.41. The van der Waals surface area contributed by atoms with E-state index >= 15 is 0 Å². The molecule has 0 aromatic heterocycles. The second kappa shape index (κ2) is 10.8. The van der Waals surface area contributed by atoms with Crippen LogP contribution in [0.4, 0.5) is 5.69 Å². The van der Waals surface area contributed by atoms with E-state index in [0.29, 0.717) is 49.4 Å². The average molecular weight is 533 g/mol. The first kappa shape index (κ1) is 27.6. The number of rotatable bonds is 11. The highest BCUT2D eigenvalue weighted by Crippen LogP contribution is 2.63. The molecule has 2 amide bonds.